The Bertz CT molecular complexity index is 3080. The Morgan fingerprint density at radius 3 is 1.72 bits per heavy atom. The number of aromatic amines is 2. The lowest BCUT2D eigenvalue weighted by Crippen LogP contribution is -2.39. The van der Waals surface area contributed by atoms with Gasteiger partial charge in [-0.05, 0) is 86.3 Å². The zero-order valence-electron chi connectivity index (χ0n) is 41.5. The Morgan fingerprint density at radius 2 is 1.19 bits per heavy atom. The number of methoxy groups -OCH3 is 2. The molecule has 5 N–H and O–H groups in total. The van der Waals surface area contributed by atoms with Gasteiger partial charge in [-0.3, -0.25) is 37.7 Å². The van der Waals surface area contributed by atoms with Crippen molar-refractivity contribution in [3.63, 3.8) is 0 Å². The summed E-state index contributed by atoms with van der Waals surface area (Å²) in [6.07, 6.45) is -1.84. The molecule has 74 heavy (non-hydrogen) atoms. The smallest absolute Gasteiger partial charge is 0.405 e. The van der Waals surface area contributed by atoms with Gasteiger partial charge in [0.05, 0.1) is 33.0 Å². The van der Waals surface area contributed by atoms with E-state index in [4.69, 9.17) is 43.2 Å². The molecule has 4 heterocycles. The quantitative estimate of drug-likeness (QED) is 0.0258. The molecule has 21 heteroatoms. The molecular weight excluding hydrogens is 976 g/mol. The van der Waals surface area contributed by atoms with Gasteiger partial charge in [0.1, 0.15) is 54.0 Å². The summed E-state index contributed by atoms with van der Waals surface area (Å²) in [5.74, 6) is 0.565. The van der Waals surface area contributed by atoms with E-state index in [2.05, 4.69) is 15.1 Å². The van der Waals surface area contributed by atoms with Crippen LogP contribution in [0.5, 0.6) is 11.5 Å². The maximum atomic E-state index is 15.5. The number of rotatable bonds is 23. The molecule has 0 amide bonds. The van der Waals surface area contributed by atoms with E-state index in [0.717, 1.165) is 16.7 Å². The predicted molar refractivity (Wildman–Crippen MR) is 272 cm³/mol. The van der Waals surface area contributed by atoms with Crippen molar-refractivity contribution in [3.8, 4) is 11.5 Å². The number of carbonyl (C=O) groups is 1. The minimum atomic E-state index is -4.47. The van der Waals surface area contributed by atoms with E-state index in [1.54, 1.807) is 51.5 Å². The third kappa shape index (κ3) is 12.3. The summed E-state index contributed by atoms with van der Waals surface area (Å²) >= 11 is 0. The highest BCUT2D eigenvalue weighted by atomic mass is 31.2. The van der Waals surface area contributed by atoms with E-state index in [0.29, 0.717) is 37.3 Å². The van der Waals surface area contributed by atoms with Crippen molar-refractivity contribution in [2.45, 2.75) is 88.4 Å². The molecule has 6 aromatic rings. The Balaban J connectivity index is 1.15. The first kappa shape index (κ1) is 53.5. The first-order valence-electron chi connectivity index (χ1n) is 24.3. The highest BCUT2D eigenvalue weighted by molar-refractivity contribution is 7.51. The van der Waals surface area contributed by atoms with Crippen molar-refractivity contribution in [1.29, 1.82) is 0 Å². The van der Waals surface area contributed by atoms with Crippen LogP contribution in [-0.2, 0) is 38.2 Å². The van der Waals surface area contributed by atoms with Gasteiger partial charge in [0, 0.05) is 42.9 Å². The van der Waals surface area contributed by atoms with Gasteiger partial charge in [0.25, 0.3) is 11.1 Å². The van der Waals surface area contributed by atoms with Crippen LogP contribution >= 0.6 is 7.75 Å². The molecule has 2 fully saturated rings. The minimum absolute atomic E-state index is 0.0356. The fourth-order valence-corrected chi connectivity index (χ4v) is 10.6. The number of hydrogen-bond acceptors (Lipinski definition) is 15. The summed E-state index contributed by atoms with van der Waals surface area (Å²) in [4.78, 5) is 69.6. The van der Waals surface area contributed by atoms with Crippen molar-refractivity contribution >= 4 is 13.7 Å². The topological polar surface area (TPSA) is 256 Å². The lowest BCUT2D eigenvalue weighted by molar-refractivity contribution is -0.0937. The number of nitrogens with zero attached hydrogens (tertiary/aromatic N) is 2. The molecule has 2 aliphatic heterocycles. The van der Waals surface area contributed by atoms with E-state index >= 15 is 4.57 Å². The number of ether oxygens (including phenoxy) is 6. The second-order valence-corrected chi connectivity index (χ2v) is 19.8. The Hall–Kier alpha value is -6.74. The number of nitrogens with one attached hydrogen (secondary N) is 3. The Kier molecular flexibility index (Phi) is 17.4. The fourth-order valence-electron chi connectivity index (χ4n) is 9.06. The number of unbranched alkanes of at least 4 members (excludes halogenated alkanes) is 2. The predicted octanol–water partition coefficient (Wildman–Crippen LogP) is 5.76. The molecule has 0 aliphatic carbocycles. The summed E-state index contributed by atoms with van der Waals surface area (Å²) in [5.41, 5.74) is 4.79. The third-order valence-corrected chi connectivity index (χ3v) is 14.7. The van der Waals surface area contributed by atoms with Crippen LogP contribution in [0, 0.1) is 13.8 Å². The highest BCUT2D eigenvalue weighted by Crippen LogP contribution is 2.50. The number of nitrogens with two attached hydrogens (primary N) is 1. The van der Waals surface area contributed by atoms with Gasteiger partial charge >= 0.3 is 25.1 Å². The SMILES string of the molecule is COc1ccc(C(OC[C@H]2O[C@@H](n3cc(C)c(=O)[nH]c3=O)C[C@@H]2O[P@](=O)(NCCCCCN)OC[C@H]2O[C@@H](n3cc(C)c(=O)[nH]c3=O)C[C@@H]2OC(=O)c2ccccc2)(c2ccccc2)c2ccc(OC)cc2)cc1. The van der Waals surface area contributed by atoms with Gasteiger partial charge in [0.15, 0.2) is 0 Å². The minimum Gasteiger partial charge on any atom is -0.497 e. The lowest BCUT2D eigenvalue weighted by atomic mass is 9.80. The Labute approximate surface area is 426 Å². The summed E-state index contributed by atoms with van der Waals surface area (Å²) in [6, 6.07) is 32.8. The molecule has 0 unspecified atom stereocenters. The number of aryl methyl sites for hydroxylation is 2. The zero-order valence-corrected chi connectivity index (χ0v) is 42.4. The highest BCUT2D eigenvalue weighted by Gasteiger charge is 2.47. The molecule has 0 radical (unpaired) electrons. The molecule has 8 rings (SSSR count). The van der Waals surface area contributed by atoms with E-state index in [-0.39, 0.29) is 42.7 Å². The van der Waals surface area contributed by atoms with Crippen LogP contribution < -0.4 is 42.8 Å². The van der Waals surface area contributed by atoms with Crippen molar-refractivity contribution in [2.75, 3.05) is 40.5 Å². The van der Waals surface area contributed by atoms with Crippen molar-refractivity contribution in [1.82, 2.24) is 24.2 Å². The number of hydrogen-bond donors (Lipinski definition) is 4. The van der Waals surface area contributed by atoms with Crippen molar-refractivity contribution < 1.29 is 46.8 Å². The first-order valence-corrected chi connectivity index (χ1v) is 25.9. The van der Waals surface area contributed by atoms with Gasteiger partial charge in [0.2, 0.25) is 0 Å². The fraction of sp³-hybridized carbons (Fsp3) is 0.377. The number of H-pyrrole nitrogens is 2. The number of esters is 1. The first-order chi connectivity index (χ1) is 35.7. The molecular formula is C53H61N6O14P. The van der Waals surface area contributed by atoms with E-state index in [1.165, 1.54) is 28.5 Å². The van der Waals surface area contributed by atoms with Crippen LogP contribution in [0.1, 0.15) is 82.7 Å². The molecule has 2 aliphatic rings. The van der Waals surface area contributed by atoms with Crippen LogP contribution in [0.3, 0.4) is 0 Å². The van der Waals surface area contributed by atoms with Gasteiger partial charge in [-0.15, -0.1) is 0 Å². The largest absolute Gasteiger partial charge is 0.497 e. The average molecular weight is 1040 g/mol. The molecule has 0 saturated carbocycles. The molecule has 2 aromatic heterocycles. The summed E-state index contributed by atoms with van der Waals surface area (Å²) in [6.45, 7) is 3.01. The Morgan fingerprint density at radius 1 is 0.689 bits per heavy atom. The number of benzene rings is 4. The van der Waals surface area contributed by atoms with Crippen LogP contribution in [0.15, 0.2) is 141 Å². The zero-order chi connectivity index (χ0) is 52.4. The summed E-state index contributed by atoms with van der Waals surface area (Å²) in [7, 11) is -1.32. The molecule has 7 atom stereocenters. The lowest BCUT2D eigenvalue weighted by Gasteiger charge is -2.37. The van der Waals surface area contributed by atoms with Crippen molar-refractivity contribution in [2.24, 2.45) is 5.73 Å². The summed E-state index contributed by atoms with van der Waals surface area (Å²) < 4.78 is 68.2. The van der Waals surface area contributed by atoms with Gasteiger partial charge in [-0.1, -0.05) is 79.2 Å². The molecule has 0 spiro atoms. The van der Waals surface area contributed by atoms with E-state index in [9.17, 15) is 24.0 Å². The van der Waals surface area contributed by atoms with Crippen LogP contribution in [0.25, 0.3) is 0 Å². The second-order valence-electron chi connectivity index (χ2n) is 18.0. The number of carbonyl (C=O) groups excluding carboxylic acids is 1. The molecule has 392 valence electrons. The number of aromatic nitrogens is 4. The molecule has 0 bridgehead atoms. The van der Waals surface area contributed by atoms with Gasteiger partial charge < -0.3 is 34.2 Å². The van der Waals surface area contributed by atoms with E-state index < -0.39 is 85.3 Å². The maximum Gasteiger partial charge on any atom is 0.405 e. The standard InChI is InChI=1S/C53H61N6O14P/c1-34-30-58(51(63)56-48(34)60)46-28-42(72-50(62)36-14-8-5-9-15-36)45(71-46)33-69-74(65,55-27-13-7-12-26-54)73-43-29-47(59-31-35(2)49(61)57-52(59)64)70-44(43)32-68-53(37-16-10-6-11-17-37,38-18-22-40(66-3)23-19-38)39-20-24-41(67-4)25-21-39/h5-6,8-11,14-25,30-31,42-47H,7,12-13,26-29,32-33,54H2,1-4H3,(H,55,65)(H,56,60,63)(H,57,61,64)/t42-,43-,44+,45+,46+,47+,74-/m0/s1. The normalized spacial score (nSPS) is 20.5. The molecule has 2 saturated heterocycles. The summed E-state index contributed by atoms with van der Waals surface area (Å²) in [5, 5.41) is 3.00. The van der Waals surface area contributed by atoms with Gasteiger partial charge in [-0.25, -0.2) is 24.0 Å². The van der Waals surface area contributed by atoms with Gasteiger partial charge in [-0.2, -0.15) is 0 Å². The third-order valence-electron chi connectivity index (χ3n) is 13.0. The van der Waals surface area contributed by atoms with Crippen LogP contribution in [-0.4, -0.2) is 90.0 Å². The van der Waals surface area contributed by atoms with Crippen LogP contribution in [0.4, 0.5) is 0 Å². The maximum absolute atomic E-state index is 15.5. The average Bonchev–Trinajstić information content (AvgIpc) is 4.01. The monoisotopic (exact) mass is 1040 g/mol. The molecule has 20 nitrogen and oxygen atoms in total. The van der Waals surface area contributed by atoms with E-state index in [1.807, 2.05) is 78.9 Å². The second kappa shape index (κ2) is 24.1. The van der Waals surface area contributed by atoms with Crippen LogP contribution in [0.2, 0.25) is 0 Å². The van der Waals surface area contributed by atoms with Crippen molar-refractivity contribution in [3.05, 3.63) is 197 Å². The molecule has 4 aromatic carbocycles.